The summed E-state index contributed by atoms with van der Waals surface area (Å²) in [7, 11) is 2.06. The smallest absolute Gasteiger partial charge is 0.0492 e. The minimum absolute atomic E-state index is 0.694. The zero-order valence-corrected chi connectivity index (χ0v) is 10.4. The van der Waals surface area contributed by atoms with Gasteiger partial charge >= 0.3 is 0 Å². The highest BCUT2D eigenvalue weighted by molar-refractivity contribution is 5.08. The highest BCUT2D eigenvalue weighted by Gasteiger charge is 2.22. The topological polar surface area (TPSA) is 29.9 Å². The van der Waals surface area contributed by atoms with Crippen molar-refractivity contribution in [1.29, 1.82) is 0 Å². The minimum Gasteiger partial charge on any atom is -0.314 e. The molecule has 0 aromatic carbocycles. The van der Waals surface area contributed by atoms with Crippen molar-refractivity contribution in [3.63, 3.8) is 0 Å². The van der Waals surface area contributed by atoms with Crippen LogP contribution in [0.5, 0.6) is 0 Å². The Bertz CT molecular complexity index is 319. The zero-order valence-electron chi connectivity index (χ0n) is 10.4. The van der Waals surface area contributed by atoms with Gasteiger partial charge in [-0.15, -0.1) is 0 Å². The molecule has 2 unspecified atom stereocenters. The molecule has 0 amide bonds. The van der Waals surface area contributed by atoms with Crippen molar-refractivity contribution >= 4 is 0 Å². The Labute approximate surface area is 98.2 Å². The molecule has 0 aliphatic heterocycles. The van der Waals surface area contributed by atoms with Crippen molar-refractivity contribution in [2.45, 2.75) is 51.0 Å². The van der Waals surface area contributed by atoms with E-state index in [9.17, 15) is 0 Å². The quantitative estimate of drug-likeness (QED) is 0.795. The Kier molecular flexibility index (Phi) is 3.99. The fourth-order valence-corrected chi connectivity index (χ4v) is 2.89. The molecule has 90 valence electrons. The number of nitrogens with one attached hydrogen (secondary N) is 1. The molecular formula is C13H23N3. The maximum atomic E-state index is 4.29. The summed E-state index contributed by atoms with van der Waals surface area (Å²) < 4.78 is 2.04. The van der Waals surface area contributed by atoms with Crippen LogP contribution in [0, 0.1) is 0 Å². The predicted octanol–water partition coefficient (Wildman–Crippen LogP) is 2.45. The van der Waals surface area contributed by atoms with Crippen molar-refractivity contribution < 1.29 is 0 Å². The van der Waals surface area contributed by atoms with E-state index in [0.29, 0.717) is 12.0 Å². The van der Waals surface area contributed by atoms with Gasteiger partial charge in [-0.05, 0) is 31.9 Å². The second kappa shape index (κ2) is 5.48. The van der Waals surface area contributed by atoms with Crippen molar-refractivity contribution in [1.82, 2.24) is 15.1 Å². The minimum atomic E-state index is 0.694. The molecule has 2 rings (SSSR count). The number of hydrogen-bond acceptors (Lipinski definition) is 2. The van der Waals surface area contributed by atoms with Crippen LogP contribution < -0.4 is 5.32 Å². The van der Waals surface area contributed by atoms with Crippen LogP contribution in [0.15, 0.2) is 12.3 Å². The molecule has 1 aromatic rings. The van der Waals surface area contributed by atoms with E-state index >= 15 is 0 Å². The van der Waals surface area contributed by atoms with Gasteiger partial charge in [-0.3, -0.25) is 4.68 Å². The molecule has 0 spiro atoms. The SMILES string of the molecule is CCNC1CCCCC(c2ccnn2C)C1. The average molecular weight is 221 g/mol. The lowest BCUT2D eigenvalue weighted by atomic mass is 9.94. The van der Waals surface area contributed by atoms with Crippen LogP contribution in [0.2, 0.25) is 0 Å². The Hall–Kier alpha value is -0.830. The van der Waals surface area contributed by atoms with Gasteiger partial charge in [0.1, 0.15) is 0 Å². The standard InChI is InChI=1S/C13H23N3/c1-3-14-12-7-5-4-6-11(10-12)13-8-9-15-16(13)2/h8-9,11-12,14H,3-7,10H2,1-2H3. The summed E-state index contributed by atoms with van der Waals surface area (Å²) >= 11 is 0. The Morgan fingerprint density at radius 2 is 2.25 bits per heavy atom. The highest BCUT2D eigenvalue weighted by Crippen LogP contribution is 2.31. The summed E-state index contributed by atoms with van der Waals surface area (Å²) in [5.41, 5.74) is 1.41. The van der Waals surface area contributed by atoms with Gasteiger partial charge in [0.15, 0.2) is 0 Å². The van der Waals surface area contributed by atoms with E-state index in [1.54, 1.807) is 0 Å². The summed E-state index contributed by atoms with van der Waals surface area (Å²) in [5, 5.41) is 7.90. The normalized spacial score (nSPS) is 26.6. The molecular weight excluding hydrogens is 198 g/mol. The molecule has 1 fully saturated rings. The molecule has 0 bridgehead atoms. The van der Waals surface area contributed by atoms with Crippen molar-refractivity contribution in [3.05, 3.63) is 18.0 Å². The second-order valence-electron chi connectivity index (χ2n) is 4.85. The number of aromatic nitrogens is 2. The number of hydrogen-bond donors (Lipinski definition) is 1. The molecule has 3 heteroatoms. The summed E-state index contributed by atoms with van der Waals surface area (Å²) in [5.74, 6) is 0.694. The largest absolute Gasteiger partial charge is 0.314 e. The molecule has 1 N–H and O–H groups in total. The van der Waals surface area contributed by atoms with E-state index in [-0.39, 0.29) is 0 Å². The predicted molar refractivity (Wildman–Crippen MR) is 66.5 cm³/mol. The summed E-state index contributed by atoms with van der Waals surface area (Å²) in [4.78, 5) is 0. The zero-order chi connectivity index (χ0) is 11.4. The second-order valence-corrected chi connectivity index (χ2v) is 4.85. The molecule has 16 heavy (non-hydrogen) atoms. The molecule has 2 atom stereocenters. The molecule has 1 saturated carbocycles. The maximum Gasteiger partial charge on any atom is 0.0492 e. The van der Waals surface area contributed by atoms with E-state index in [0.717, 1.165) is 6.54 Å². The number of aryl methyl sites for hydroxylation is 1. The van der Waals surface area contributed by atoms with Crippen LogP contribution in [0.4, 0.5) is 0 Å². The lowest BCUT2D eigenvalue weighted by Gasteiger charge is -2.20. The van der Waals surface area contributed by atoms with Crippen LogP contribution in [0.3, 0.4) is 0 Å². The first kappa shape index (κ1) is 11.6. The molecule has 0 saturated heterocycles. The first-order valence-corrected chi connectivity index (χ1v) is 6.52. The first-order valence-electron chi connectivity index (χ1n) is 6.52. The van der Waals surface area contributed by atoms with E-state index in [1.807, 2.05) is 10.9 Å². The molecule has 1 aromatic heterocycles. The molecule has 1 heterocycles. The molecule has 3 nitrogen and oxygen atoms in total. The van der Waals surface area contributed by atoms with Gasteiger partial charge in [0, 0.05) is 30.9 Å². The van der Waals surface area contributed by atoms with Crippen LogP contribution in [0.25, 0.3) is 0 Å². The van der Waals surface area contributed by atoms with Gasteiger partial charge < -0.3 is 5.32 Å². The van der Waals surface area contributed by atoms with Crippen LogP contribution in [-0.2, 0) is 7.05 Å². The maximum absolute atomic E-state index is 4.29. The van der Waals surface area contributed by atoms with Gasteiger partial charge in [0.05, 0.1) is 0 Å². The Balaban J connectivity index is 2.05. The van der Waals surface area contributed by atoms with E-state index in [4.69, 9.17) is 0 Å². The van der Waals surface area contributed by atoms with Crippen molar-refractivity contribution in [2.24, 2.45) is 7.05 Å². The van der Waals surface area contributed by atoms with E-state index in [1.165, 1.54) is 37.8 Å². The summed E-state index contributed by atoms with van der Waals surface area (Å²) in [6, 6.07) is 2.88. The van der Waals surface area contributed by atoms with Gasteiger partial charge in [-0.2, -0.15) is 5.10 Å². The summed E-state index contributed by atoms with van der Waals surface area (Å²) in [6.07, 6.45) is 8.57. The van der Waals surface area contributed by atoms with Gasteiger partial charge in [-0.1, -0.05) is 19.8 Å². The number of nitrogens with zero attached hydrogens (tertiary/aromatic N) is 2. The average Bonchev–Trinajstić information content (AvgIpc) is 2.56. The van der Waals surface area contributed by atoms with Gasteiger partial charge in [0.2, 0.25) is 0 Å². The monoisotopic (exact) mass is 221 g/mol. The van der Waals surface area contributed by atoms with Crippen LogP contribution in [0.1, 0.15) is 50.6 Å². The first-order chi connectivity index (χ1) is 7.81. The fraction of sp³-hybridized carbons (Fsp3) is 0.769. The van der Waals surface area contributed by atoms with Crippen molar-refractivity contribution in [3.8, 4) is 0 Å². The van der Waals surface area contributed by atoms with E-state index in [2.05, 4.69) is 30.5 Å². The lowest BCUT2D eigenvalue weighted by molar-refractivity contribution is 0.438. The molecule has 1 aliphatic carbocycles. The fourth-order valence-electron chi connectivity index (χ4n) is 2.89. The van der Waals surface area contributed by atoms with Crippen LogP contribution in [-0.4, -0.2) is 22.4 Å². The van der Waals surface area contributed by atoms with Crippen molar-refractivity contribution in [2.75, 3.05) is 6.54 Å². The third-order valence-electron chi connectivity index (χ3n) is 3.69. The number of rotatable bonds is 3. The molecule has 1 aliphatic rings. The van der Waals surface area contributed by atoms with Crippen LogP contribution >= 0.6 is 0 Å². The Morgan fingerprint density at radius 3 is 2.94 bits per heavy atom. The third kappa shape index (κ3) is 2.64. The highest BCUT2D eigenvalue weighted by atomic mass is 15.3. The van der Waals surface area contributed by atoms with E-state index < -0.39 is 0 Å². The molecule has 0 radical (unpaired) electrons. The summed E-state index contributed by atoms with van der Waals surface area (Å²) in [6.45, 7) is 3.28. The van der Waals surface area contributed by atoms with Gasteiger partial charge in [0.25, 0.3) is 0 Å². The lowest BCUT2D eigenvalue weighted by Crippen LogP contribution is -2.29. The third-order valence-corrected chi connectivity index (χ3v) is 3.69. The van der Waals surface area contributed by atoms with Gasteiger partial charge in [-0.25, -0.2) is 0 Å². The Morgan fingerprint density at radius 1 is 1.44 bits per heavy atom.